The van der Waals surface area contributed by atoms with Crippen LogP contribution in [0.25, 0.3) is 0 Å². The number of halogens is 1. The number of carbonyl (C=O) groups excluding carboxylic acids is 1. The van der Waals surface area contributed by atoms with Gasteiger partial charge in [0.1, 0.15) is 11.4 Å². The molecule has 0 heterocycles. The van der Waals surface area contributed by atoms with E-state index in [-0.39, 0.29) is 5.56 Å². The summed E-state index contributed by atoms with van der Waals surface area (Å²) in [6.07, 6.45) is -1.26. The highest BCUT2D eigenvalue weighted by atomic mass is 19.1. The van der Waals surface area contributed by atoms with Crippen molar-refractivity contribution in [3.8, 4) is 0 Å². The lowest BCUT2D eigenvalue weighted by molar-refractivity contribution is -0.138. The van der Waals surface area contributed by atoms with Gasteiger partial charge in [-0.3, -0.25) is 4.79 Å². The maximum absolute atomic E-state index is 13.9. The molecule has 1 aromatic rings. The number of ether oxygens (including phenoxy) is 1. The molecule has 1 unspecified atom stereocenters. The molecule has 0 aliphatic heterocycles. The third-order valence-corrected chi connectivity index (χ3v) is 2.75. The lowest BCUT2D eigenvalue weighted by Crippen LogP contribution is -2.47. The molecule has 1 rings (SSSR count). The predicted octanol–water partition coefficient (Wildman–Crippen LogP) is 3.04. The normalized spacial score (nSPS) is 14.1. The number of aliphatic carboxylic acids is 1. The second kappa shape index (κ2) is 6.11. The minimum Gasteiger partial charge on any atom is -0.481 e. The van der Waals surface area contributed by atoms with Crippen molar-refractivity contribution < 1.29 is 23.8 Å². The number of rotatable bonds is 4. The number of benzene rings is 1. The molecule has 2 N–H and O–H groups in total. The van der Waals surface area contributed by atoms with Crippen molar-refractivity contribution in [1.29, 1.82) is 0 Å². The Morgan fingerprint density at radius 2 is 1.81 bits per heavy atom. The minimum absolute atomic E-state index is 0.0956. The van der Waals surface area contributed by atoms with Gasteiger partial charge in [-0.15, -0.1) is 0 Å². The Morgan fingerprint density at radius 1 is 1.24 bits per heavy atom. The van der Waals surface area contributed by atoms with Crippen molar-refractivity contribution in [3.05, 3.63) is 35.6 Å². The molecule has 0 radical (unpaired) electrons. The molecule has 21 heavy (non-hydrogen) atoms. The van der Waals surface area contributed by atoms with Crippen LogP contribution in [0.4, 0.5) is 9.18 Å². The predicted molar refractivity (Wildman–Crippen MR) is 75.4 cm³/mol. The van der Waals surface area contributed by atoms with Gasteiger partial charge in [-0.1, -0.05) is 18.2 Å². The summed E-state index contributed by atoms with van der Waals surface area (Å²) in [5, 5.41) is 11.5. The zero-order chi connectivity index (χ0) is 16.3. The first-order chi connectivity index (χ1) is 9.53. The molecule has 5 nitrogen and oxygen atoms in total. The van der Waals surface area contributed by atoms with Gasteiger partial charge >= 0.3 is 12.1 Å². The van der Waals surface area contributed by atoms with E-state index in [4.69, 9.17) is 9.84 Å². The summed E-state index contributed by atoms with van der Waals surface area (Å²) in [5.41, 5.74) is -2.04. The number of nitrogens with one attached hydrogen (secondary N) is 1. The fraction of sp³-hybridized carbons (Fsp3) is 0.467. The number of hydrogen-bond acceptors (Lipinski definition) is 3. The molecule has 0 bridgehead atoms. The van der Waals surface area contributed by atoms with E-state index in [9.17, 15) is 14.0 Å². The molecule has 1 atom stereocenters. The van der Waals surface area contributed by atoms with Gasteiger partial charge in [0.25, 0.3) is 0 Å². The van der Waals surface area contributed by atoms with Gasteiger partial charge < -0.3 is 15.2 Å². The highest BCUT2D eigenvalue weighted by molar-refractivity contribution is 5.73. The first-order valence-corrected chi connectivity index (χ1v) is 6.51. The molecule has 6 heteroatoms. The molecule has 1 amide bonds. The number of carboxylic acid groups (broad SMARTS) is 1. The Morgan fingerprint density at radius 3 is 2.29 bits per heavy atom. The molecule has 0 fully saturated rings. The van der Waals surface area contributed by atoms with E-state index in [1.165, 1.54) is 25.1 Å². The number of alkyl carbamates (subject to hydrolysis) is 1. The van der Waals surface area contributed by atoms with Gasteiger partial charge in [0.05, 0.1) is 12.0 Å². The van der Waals surface area contributed by atoms with Crippen molar-refractivity contribution in [2.75, 3.05) is 0 Å². The third kappa shape index (κ3) is 5.06. The van der Waals surface area contributed by atoms with Gasteiger partial charge in [0.2, 0.25) is 0 Å². The summed E-state index contributed by atoms with van der Waals surface area (Å²) >= 11 is 0. The van der Waals surface area contributed by atoms with Crippen LogP contribution in [0.5, 0.6) is 0 Å². The fourth-order valence-corrected chi connectivity index (χ4v) is 1.95. The number of carbonyl (C=O) groups is 2. The van der Waals surface area contributed by atoms with E-state index in [0.717, 1.165) is 0 Å². The summed E-state index contributed by atoms with van der Waals surface area (Å²) in [6.45, 7) is 6.50. The van der Waals surface area contributed by atoms with Gasteiger partial charge in [0.15, 0.2) is 0 Å². The second-order valence-electron chi connectivity index (χ2n) is 6.01. The van der Waals surface area contributed by atoms with Crippen LogP contribution >= 0.6 is 0 Å². The molecule has 0 saturated heterocycles. The maximum Gasteiger partial charge on any atom is 0.408 e. The lowest BCUT2D eigenvalue weighted by Gasteiger charge is -2.31. The van der Waals surface area contributed by atoms with Crippen LogP contribution in [0.1, 0.15) is 39.7 Å². The van der Waals surface area contributed by atoms with E-state index in [2.05, 4.69) is 5.32 Å². The van der Waals surface area contributed by atoms with Crippen molar-refractivity contribution >= 4 is 12.1 Å². The second-order valence-corrected chi connectivity index (χ2v) is 6.01. The molecule has 0 spiro atoms. The molecule has 0 aromatic heterocycles. The van der Waals surface area contributed by atoms with Crippen molar-refractivity contribution in [1.82, 2.24) is 5.32 Å². The Kier molecular flexibility index (Phi) is 4.93. The SMILES string of the molecule is CC(C)(C)OC(=O)NC(C)(CC(=O)O)c1ccccc1F. The van der Waals surface area contributed by atoms with Crippen LogP contribution in [0.2, 0.25) is 0 Å². The minimum atomic E-state index is -1.40. The zero-order valence-corrected chi connectivity index (χ0v) is 12.6. The highest BCUT2D eigenvalue weighted by Gasteiger charge is 2.35. The highest BCUT2D eigenvalue weighted by Crippen LogP contribution is 2.27. The Labute approximate surface area is 123 Å². The molecule has 116 valence electrons. The molecule has 0 aliphatic rings. The topological polar surface area (TPSA) is 75.6 Å². The summed E-state index contributed by atoms with van der Waals surface area (Å²) in [7, 11) is 0. The van der Waals surface area contributed by atoms with Crippen LogP contribution < -0.4 is 5.32 Å². The largest absolute Gasteiger partial charge is 0.481 e. The van der Waals surface area contributed by atoms with Crippen LogP contribution in [-0.2, 0) is 15.1 Å². The monoisotopic (exact) mass is 297 g/mol. The van der Waals surface area contributed by atoms with Crippen LogP contribution in [0, 0.1) is 5.82 Å². The molecule has 0 aliphatic carbocycles. The van der Waals surface area contributed by atoms with Crippen molar-refractivity contribution in [2.24, 2.45) is 0 Å². The van der Waals surface area contributed by atoms with Gasteiger partial charge in [0, 0.05) is 5.56 Å². The Bertz CT molecular complexity index is 539. The number of hydrogen-bond donors (Lipinski definition) is 2. The summed E-state index contributed by atoms with van der Waals surface area (Å²) < 4.78 is 19.0. The van der Waals surface area contributed by atoms with Crippen LogP contribution in [0.3, 0.4) is 0 Å². The number of carboxylic acids is 1. The third-order valence-electron chi connectivity index (χ3n) is 2.75. The molecular formula is C15H20FNO4. The van der Waals surface area contributed by atoms with Crippen LogP contribution in [0.15, 0.2) is 24.3 Å². The summed E-state index contributed by atoms with van der Waals surface area (Å²) in [4.78, 5) is 22.9. The molecular weight excluding hydrogens is 277 g/mol. The number of amides is 1. The average molecular weight is 297 g/mol. The zero-order valence-electron chi connectivity index (χ0n) is 12.6. The molecule has 0 saturated carbocycles. The van der Waals surface area contributed by atoms with Gasteiger partial charge in [-0.05, 0) is 33.8 Å². The quantitative estimate of drug-likeness (QED) is 0.895. The lowest BCUT2D eigenvalue weighted by atomic mass is 9.88. The van der Waals surface area contributed by atoms with E-state index in [1.807, 2.05) is 0 Å². The maximum atomic E-state index is 13.9. The van der Waals surface area contributed by atoms with E-state index in [1.54, 1.807) is 26.8 Å². The van der Waals surface area contributed by atoms with Gasteiger partial charge in [-0.2, -0.15) is 0 Å². The summed E-state index contributed by atoms with van der Waals surface area (Å²) in [5.74, 6) is -1.74. The Hall–Kier alpha value is -2.11. The standard InChI is InChI=1S/C15H20FNO4/c1-14(2,3)21-13(20)17-15(4,9-12(18)19)10-7-5-6-8-11(10)16/h5-8H,9H2,1-4H3,(H,17,20)(H,18,19). The van der Waals surface area contributed by atoms with E-state index < -0.39 is 35.4 Å². The molecule has 1 aromatic carbocycles. The first kappa shape index (κ1) is 16.9. The smallest absolute Gasteiger partial charge is 0.408 e. The van der Waals surface area contributed by atoms with Crippen molar-refractivity contribution in [3.63, 3.8) is 0 Å². The first-order valence-electron chi connectivity index (χ1n) is 6.51. The van der Waals surface area contributed by atoms with E-state index in [0.29, 0.717) is 0 Å². The Balaban J connectivity index is 3.08. The van der Waals surface area contributed by atoms with E-state index >= 15 is 0 Å². The van der Waals surface area contributed by atoms with Crippen LogP contribution in [-0.4, -0.2) is 22.8 Å². The average Bonchev–Trinajstić information content (AvgIpc) is 2.24. The summed E-state index contributed by atoms with van der Waals surface area (Å²) in [6, 6.07) is 5.73. The fourth-order valence-electron chi connectivity index (χ4n) is 1.95. The van der Waals surface area contributed by atoms with Gasteiger partial charge in [-0.25, -0.2) is 9.18 Å². The van der Waals surface area contributed by atoms with Crippen molar-refractivity contribution in [2.45, 2.75) is 45.3 Å².